The molecule has 1 saturated heterocycles. The maximum Gasteiger partial charge on any atom is 0.348 e. The van der Waals surface area contributed by atoms with Crippen molar-refractivity contribution in [3.05, 3.63) is 46.3 Å². The fourth-order valence-electron chi connectivity index (χ4n) is 3.49. The third-order valence-corrected chi connectivity index (χ3v) is 5.08. The number of hydrogen-bond donors (Lipinski definition) is 2. The lowest BCUT2D eigenvalue weighted by molar-refractivity contribution is 0.322. The van der Waals surface area contributed by atoms with Crippen molar-refractivity contribution in [3.63, 3.8) is 0 Å². The maximum absolute atomic E-state index is 12.4. The number of aromatic hydroxyl groups is 2. The third kappa shape index (κ3) is 2.12. The molecule has 0 bridgehead atoms. The smallest absolute Gasteiger partial charge is 0.348 e. The number of furan rings is 1. The van der Waals surface area contributed by atoms with Crippen molar-refractivity contribution in [3.8, 4) is 11.5 Å². The Morgan fingerprint density at radius 1 is 1.04 bits per heavy atom. The second kappa shape index (κ2) is 4.80. The lowest BCUT2D eigenvalue weighted by Crippen LogP contribution is -2.06. The van der Waals surface area contributed by atoms with Gasteiger partial charge in [-0.15, -0.1) is 0 Å². The van der Waals surface area contributed by atoms with Gasteiger partial charge in [-0.3, -0.25) is 0 Å². The molecule has 0 saturated carbocycles. The molecule has 1 aliphatic rings. The van der Waals surface area contributed by atoms with Crippen molar-refractivity contribution < 1.29 is 23.8 Å². The van der Waals surface area contributed by atoms with E-state index in [4.69, 9.17) is 13.6 Å². The molecule has 2 aromatic heterocycles. The monoisotopic (exact) mass is 352 g/mol. The van der Waals surface area contributed by atoms with Crippen LogP contribution >= 0.6 is 0 Å². The number of epoxide rings is 1. The SMILES string of the molecule is CC1(C)O[C@@H]1Cc1cc2c(cc1O)oc(=O)c1c3ccc(O)cc3oc21. The Morgan fingerprint density at radius 3 is 2.50 bits per heavy atom. The predicted molar refractivity (Wildman–Crippen MR) is 95.7 cm³/mol. The molecule has 1 aliphatic heterocycles. The molecule has 26 heavy (non-hydrogen) atoms. The molecule has 4 aromatic rings. The van der Waals surface area contributed by atoms with E-state index in [0.29, 0.717) is 39.3 Å². The summed E-state index contributed by atoms with van der Waals surface area (Å²) in [5, 5.41) is 21.5. The van der Waals surface area contributed by atoms with Gasteiger partial charge in [0.05, 0.1) is 17.1 Å². The molecule has 0 aliphatic carbocycles. The van der Waals surface area contributed by atoms with Crippen LogP contribution in [-0.2, 0) is 11.2 Å². The lowest BCUT2D eigenvalue weighted by Gasteiger charge is -2.06. The first-order valence-corrected chi connectivity index (χ1v) is 8.35. The average molecular weight is 352 g/mol. The molecule has 0 spiro atoms. The number of rotatable bonds is 2. The van der Waals surface area contributed by atoms with E-state index in [1.54, 1.807) is 12.1 Å². The molecule has 3 heterocycles. The van der Waals surface area contributed by atoms with E-state index >= 15 is 0 Å². The average Bonchev–Trinajstić information content (AvgIpc) is 2.99. The summed E-state index contributed by atoms with van der Waals surface area (Å²) in [6.07, 6.45) is 0.584. The fourth-order valence-corrected chi connectivity index (χ4v) is 3.49. The van der Waals surface area contributed by atoms with E-state index in [1.807, 2.05) is 13.8 Å². The minimum atomic E-state index is -0.546. The van der Waals surface area contributed by atoms with Crippen LogP contribution in [-0.4, -0.2) is 21.9 Å². The molecule has 6 nitrogen and oxygen atoms in total. The first-order valence-electron chi connectivity index (χ1n) is 8.35. The summed E-state index contributed by atoms with van der Waals surface area (Å²) in [6.45, 7) is 4.00. The summed E-state index contributed by atoms with van der Waals surface area (Å²) in [6, 6.07) is 7.79. The Labute approximate surface area is 147 Å². The summed E-state index contributed by atoms with van der Waals surface area (Å²) >= 11 is 0. The van der Waals surface area contributed by atoms with Crippen LogP contribution in [0.3, 0.4) is 0 Å². The van der Waals surface area contributed by atoms with Crippen molar-refractivity contribution in [2.45, 2.75) is 32.0 Å². The largest absolute Gasteiger partial charge is 0.508 e. The molecule has 132 valence electrons. The Morgan fingerprint density at radius 2 is 1.77 bits per heavy atom. The topological polar surface area (TPSA) is 96.3 Å². The van der Waals surface area contributed by atoms with Crippen molar-refractivity contribution in [2.75, 3.05) is 0 Å². The van der Waals surface area contributed by atoms with Crippen LogP contribution in [0.4, 0.5) is 0 Å². The fraction of sp³-hybridized carbons (Fsp3) is 0.250. The van der Waals surface area contributed by atoms with E-state index in [2.05, 4.69) is 0 Å². The zero-order valence-corrected chi connectivity index (χ0v) is 14.2. The summed E-state index contributed by atoms with van der Waals surface area (Å²) in [5.41, 5.74) is 0.997. The number of benzene rings is 2. The van der Waals surface area contributed by atoms with Gasteiger partial charge in [0, 0.05) is 23.9 Å². The van der Waals surface area contributed by atoms with Gasteiger partial charge in [-0.2, -0.15) is 0 Å². The molecular formula is C20H16O6. The van der Waals surface area contributed by atoms with Gasteiger partial charge in [-0.05, 0) is 37.6 Å². The third-order valence-electron chi connectivity index (χ3n) is 5.08. The van der Waals surface area contributed by atoms with Crippen molar-refractivity contribution in [1.82, 2.24) is 0 Å². The van der Waals surface area contributed by atoms with Crippen LogP contribution in [0.2, 0.25) is 0 Å². The molecule has 6 heteroatoms. The molecular weight excluding hydrogens is 336 g/mol. The number of phenolic OH excluding ortho intramolecular Hbond substituents is 2. The van der Waals surface area contributed by atoms with Crippen molar-refractivity contribution >= 4 is 32.9 Å². The van der Waals surface area contributed by atoms with Gasteiger partial charge in [0.15, 0.2) is 5.58 Å². The van der Waals surface area contributed by atoms with E-state index in [9.17, 15) is 15.0 Å². The Kier molecular flexibility index (Phi) is 2.82. The maximum atomic E-state index is 12.4. The molecule has 2 aromatic carbocycles. The molecule has 0 radical (unpaired) electrons. The van der Waals surface area contributed by atoms with Gasteiger partial charge < -0.3 is 23.8 Å². The molecule has 1 atom stereocenters. The van der Waals surface area contributed by atoms with Gasteiger partial charge in [0.2, 0.25) is 0 Å². The van der Waals surface area contributed by atoms with E-state index < -0.39 is 5.63 Å². The summed E-state index contributed by atoms with van der Waals surface area (Å²) < 4.78 is 16.9. The van der Waals surface area contributed by atoms with Gasteiger partial charge in [-0.25, -0.2) is 4.79 Å². The highest BCUT2D eigenvalue weighted by Gasteiger charge is 2.47. The van der Waals surface area contributed by atoms with Gasteiger partial charge in [-0.1, -0.05) is 0 Å². The summed E-state index contributed by atoms with van der Waals surface area (Å²) in [7, 11) is 0. The highest BCUT2D eigenvalue weighted by atomic mass is 16.6. The Bertz CT molecular complexity index is 1260. The quantitative estimate of drug-likeness (QED) is 0.420. The van der Waals surface area contributed by atoms with E-state index in [1.165, 1.54) is 18.2 Å². The van der Waals surface area contributed by atoms with Crippen LogP contribution in [0, 0.1) is 0 Å². The minimum absolute atomic E-state index is 0.0321. The summed E-state index contributed by atoms with van der Waals surface area (Å²) in [4.78, 5) is 12.4. The highest BCUT2D eigenvalue weighted by molar-refractivity contribution is 6.13. The zero-order valence-electron chi connectivity index (χ0n) is 14.2. The van der Waals surface area contributed by atoms with Crippen LogP contribution in [0.15, 0.2) is 44.0 Å². The molecule has 5 rings (SSSR count). The molecule has 2 N–H and O–H groups in total. The van der Waals surface area contributed by atoms with Crippen LogP contribution < -0.4 is 5.63 Å². The summed E-state index contributed by atoms with van der Waals surface area (Å²) in [5.74, 6) is 0.108. The minimum Gasteiger partial charge on any atom is -0.508 e. The number of hydrogen-bond acceptors (Lipinski definition) is 6. The lowest BCUT2D eigenvalue weighted by atomic mass is 10.00. The highest BCUT2D eigenvalue weighted by Crippen LogP contribution is 2.41. The van der Waals surface area contributed by atoms with Gasteiger partial charge in [0.1, 0.15) is 28.1 Å². The van der Waals surface area contributed by atoms with Crippen LogP contribution in [0.1, 0.15) is 19.4 Å². The van der Waals surface area contributed by atoms with Gasteiger partial charge >= 0.3 is 5.63 Å². The first kappa shape index (κ1) is 15.3. The number of fused-ring (bicyclic) bond motifs is 5. The van der Waals surface area contributed by atoms with Crippen LogP contribution in [0.5, 0.6) is 11.5 Å². The van der Waals surface area contributed by atoms with E-state index in [-0.39, 0.29) is 28.8 Å². The molecule has 1 fully saturated rings. The Balaban J connectivity index is 1.80. The molecule has 0 amide bonds. The molecule has 0 unspecified atom stereocenters. The first-order chi connectivity index (χ1) is 12.3. The van der Waals surface area contributed by atoms with Crippen molar-refractivity contribution in [2.24, 2.45) is 0 Å². The van der Waals surface area contributed by atoms with Crippen molar-refractivity contribution in [1.29, 1.82) is 0 Å². The predicted octanol–water partition coefficient (Wildman–Crippen LogP) is 3.82. The Hall–Kier alpha value is -2.99. The number of phenols is 2. The van der Waals surface area contributed by atoms with E-state index in [0.717, 1.165) is 0 Å². The second-order valence-corrected chi connectivity index (χ2v) is 7.27. The second-order valence-electron chi connectivity index (χ2n) is 7.27. The number of ether oxygens (including phenoxy) is 1. The van der Waals surface area contributed by atoms with Crippen LogP contribution in [0.25, 0.3) is 32.9 Å². The van der Waals surface area contributed by atoms with Gasteiger partial charge in [0.25, 0.3) is 0 Å². The standard InChI is InChI=1S/C20H16O6/c1-20(2)16(26-20)6-9-5-12-15(8-13(9)22)25-19(23)17-11-4-3-10(21)7-14(11)24-18(12)17/h3-5,7-8,16,21-22H,6H2,1-2H3/t16-/m1/s1. The zero-order chi connectivity index (χ0) is 18.2. The normalized spacial score (nSPS) is 18.8.